The number of nitrogens with one attached hydrogen (secondary N) is 1. The summed E-state index contributed by atoms with van der Waals surface area (Å²) in [5.41, 5.74) is 3.72. The van der Waals surface area contributed by atoms with Crippen LogP contribution < -0.4 is 5.32 Å². The maximum atomic E-state index is 12.4. The molecule has 144 valence electrons. The van der Waals surface area contributed by atoms with Gasteiger partial charge in [0.15, 0.2) is 5.13 Å². The summed E-state index contributed by atoms with van der Waals surface area (Å²) in [6, 6.07) is 12.6. The van der Waals surface area contributed by atoms with Crippen LogP contribution in [0.5, 0.6) is 0 Å². The molecule has 0 fully saturated rings. The molecule has 6 nitrogen and oxygen atoms in total. The number of carbonyl (C=O) groups excluding carboxylic acids is 1. The van der Waals surface area contributed by atoms with Crippen LogP contribution in [0.3, 0.4) is 0 Å². The van der Waals surface area contributed by atoms with E-state index < -0.39 is 10.8 Å². The Hall–Kier alpha value is -3.06. The summed E-state index contributed by atoms with van der Waals surface area (Å²) < 4.78 is 0. The first-order valence-electron chi connectivity index (χ1n) is 8.78. The standard InChI is InChI=1S/C21H21N3O3S/c1-13-5-6-15(11-18(13)24(26)27)19(25)23-20-22-17(12-28-20)14-7-9-16(10-8-14)21(2,3)4/h5-12H,1-4H3,(H,22,23,25). The number of benzene rings is 2. The number of nitrogens with zero attached hydrogens (tertiary/aromatic N) is 2. The van der Waals surface area contributed by atoms with Crippen molar-refractivity contribution in [3.05, 3.63) is 74.6 Å². The van der Waals surface area contributed by atoms with Gasteiger partial charge in [-0.15, -0.1) is 11.3 Å². The quantitative estimate of drug-likeness (QED) is 0.462. The third-order valence-electron chi connectivity index (χ3n) is 4.44. The van der Waals surface area contributed by atoms with Gasteiger partial charge in [-0.1, -0.05) is 51.1 Å². The molecule has 0 aliphatic carbocycles. The monoisotopic (exact) mass is 395 g/mol. The van der Waals surface area contributed by atoms with Gasteiger partial charge in [0, 0.05) is 28.1 Å². The molecular formula is C21H21N3O3S. The normalized spacial score (nSPS) is 11.3. The SMILES string of the molecule is Cc1ccc(C(=O)Nc2nc(-c3ccc(C(C)(C)C)cc3)cs2)cc1[N+](=O)[O-]. The number of thiazole rings is 1. The molecule has 2 aromatic carbocycles. The Balaban J connectivity index is 1.77. The van der Waals surface area contributed by atoms with Crippen molar-refractivity contribution in [2.75, 3.05) is 5.32 Å². The minimum atomic E-state index is -0.491. The molecule has 0 spiro atoms. The highest BCUT2D eigenvalue weighted by atomic mass is 32.1. The Morgan fingerprint density at radius 2 is 1.82 bits per heavy atom. The molecule has 7 heteroatoms. The van der Waals surface area contributed by atoms with Gasteiger partial charge in [0.2, 0.25) is 0 Å². The van der Waals surface area contributed by atoms with Gasteiger partial charge in [-0.3, -0.25) is 20.2 Å². The van der Waals surface area contributed by atoms with Crippen LogP contribution in [0.4, 0.5) is 10.8 Å². The Morgan fingerprint density at radius 1 is 1.14 bits per heavy atom. The summed E-state index contributed by atoms with van der Waals surface area (Å²) in [6.07, 6.45) is 0. The smallest absolute Gasteiger partial charge is 0.273 e. The van der Waals surface area contributed by atoms with Gasteiger partial charge < -0.3 is 0 Å². The summed E-state index contributed by atoms with van der Waals surface area (Å²) in [6.45, 7) is 8.12. The first kappa shape index (κ1) is 19.7. The topological polar surface area (TPSA) is 85.1 Å². The van der Waals surface area contributed by atoms with Gasteiger partial charge in [-0.25, -0.2) is 4.98 Å². The van der Waals surface area contributed by atoms with E-state index in [2.05, 4.69) is 43.2 Å². The fourth-order valence-electron chi connectivity index (χ4n) is 2.72. The van der Waals surface area contributed by atoms with Gasteiger partial charge in [0.05, 0.1) is 10.6 Å². The van der Waals surface area contributed by atoms with Crippen molar-refractivity contribution in [3.8, 4) is 11.3 Å². The van der Waals surface area contributed by atoms with Crippen LogP contribution in [-0.4, -0.2) is 15.8 Å². The number of anilines is 1. The lowest BCUT2D eigenvalue weighted by Crippen LogP contribution is -2.12. The van der Waals surface area contributed by atoms with Crippen molar-refractivity contribution < 1.29 is 9.72 Å². The lowest BCUT2D eigenvalue weighted by molar-refractivity contribution is -0.385. The molecule has 0 unspecified atom stereocenters. The second-order valence-electron chi connectivity index (χ2n) is 7.58. The highest BCUT2D eigenvalue weighted by molar-refractivity contribution is 7.14. The molecule has 1 N–H and O–H groups in total. The van der Waals surface area contributed by atoms with E-state index in [1.807, 2.05) is 17.5 Å². The minimum Gasteiger partial charge on any atom is -0.298 e. The lowest BCUT2D eigenvalue weighted by Gasteiger charge is -2.18. The van der Waals surface area contributed by atoms with Gasteiger partial charge in [-0.2, -0.15) is 0 Å². The van der Waals surface area contributed by atoms with Gasteiger partial charge >= 0.3 is 0 Å². The van der Waals surface area contributed by atoms with Crippen molar-refractivity contribution in [1.29, 1.82) is 0 Å². The fourth-order valence-corrected chi connectivity index (χ4v) is 3.44. The molecule has 0 aliphatic rings. The molecule has 1 heterocycles. The van der Waals surface area contributed by atoms with E-state index in [1.54, 1.807) is 19.1 Å². The molecule has 0 atom stereocenters. The Kier molecular flexibility index (Phi) is 5.29. The molecule has 0 radical (unpaired) electrons. The lowest BCUT2D eigenvalue weighted by atomic mass is 9.86. The molecule has 3 aromatic rings. The number of carbonyl (C=O) groups is 1. The van der Waals surface area contributed by atoms with E-state index in [9.17, 15) is 14.9 Å². The second-order valence-corrected chi connectivity index (χ2v) is 8.44. The van der Waals surface area contributed by atoms with Crippen molar-refractivity contribution in [3.63, 3.8) is 0 Å². The number of amides is 1. The van der Waals surface area contributed by atoms with E-state index in [-0.39, 0.29) is 16.7 Å². The van der Waals surface area contributed by atoms with Gasteiger partial charge in [0.1, 0.15) is 0 Å². The second kappa shape index (κ2) is 7.52. The molecule has 0 saturated carbocycles. The highest BCUT2D eigenvalue weighted by Gasteiger charge is 2.17. The van der Waals surface area contributed by atoms with Crippen LogP contribution in [0, 0.1) is 17.0 Å². The third-order valence-corrected chi connectivity index (χ3v) is 5.20. The van der Waals surface area contributed by atoms with Gasteiger partial charge in [0.25, 0.3) is 11.6 Å². The maximum Gasteiger partial charge on any atom is 0.273 e. The Labute approximate surface area is 167 Å². The predicted molar refractivity (Wildman–Crippen MR) is 112 cm³/mol. The summed E-state index contributed by atoms with van der Waals surface area (Å²) in [5.74, 6) is -0.424. The maximum absolute atomic E-state index is 12.4. The summed E-state index contributed by atoms with van der Waals surface area (Å²) in [7, 11) is 0. The van der Waals surface area contributed by atoms with Gasteiger partial charge in [-0.05, 0) is 24.0 Å². The van der Waals surface area contributed by atoms with Crippen LogP contribution in [0.15, 0.2) is 47.8 Å². The van der Waals surface area contributed by atoms with E-state index in [0.29, 0.717) is 10.7 Å². The summed E-state index contributed by atoms with van der Waals surface area (Å²) in [5, 5.41) is 16.1. The zero-order valence-electron chi connectivity index (χ0n) is 16.1. The van der Waals surface area contributed by atoms with Crippen LogP contribution >= 0.6 is 11.3 Å². The summed E-state index contributed by atoms with van der Waals surface area (Å²) >= 11 is 1.31. The fraction of sp³-hybridized carbons (Fsp3) is 0.238. The highest BCUT2D eigenvalue weighted by Crippen LogP contribution is 2.29. The van der Waals surface area contributed by atoms with E-state index in [0.717, 1.165) is 11.3 Å². The molecule has 3 rings (SSSR count). The largest absolute Gasteiger partial charge is 0.298 e. The van der Waals surface area contributed by atoms with Crippen molar-refractivity contribution in [2.24, 2.45) is 0 Å². The molecule has 1 amide bonds. The average Bonchev–Trinajstić information content (AvgIpc) is 3.09. The molecule has 28 heavy (non-hydrogen) atoms. The Bertz CT molecular complexity index is 1030. The zero-order valence-corrected chi connectivity index (χ0v) is 17.0. The average molecular weight is 395 g/mol. The van der Waals surface area contributed by atoms with Crippen LogP contribution in [0.25, 0.3) is 11.3 Å². The van der Waals surface area contributed by atoms with Crippen LogP contribution in [-0.2, 0) is 5.41 Å². The van der Waals surface area contributed by atoms with Crippen molar-refractivity contribution in [1.82, 2.24) is 4.98 Å². The summed E-state index contributed by atoms with van der Waals surface area (Å²) in [4.78, 5) is 27.5. The zero-order chi connectivity index (χ0) is 20.5. The number of hydrogen-bond acceptors (Lipinski definition) is 5. The van der Waals surface area contributed by atoms with Crippen LogP contribution in [0.2, 0.25) is 0 Å². The first-order valence-corrected chi connectivity index (χ1v) is 9.66. The molecule has 0 bridgehead atoms. The molecular weight excluding hydrogens is 374 g/mol. The van der Waals surface area contributed by atoms with E-state index in [4.69, 9.17) is 0 Å². The Morgan fingerprint density at radius 3 is 2.43 bits per heavy atom. The van der Waals surface area contributed by atoms with Crippen molar-refractivity contribution >= 4 is 28.1 Å². The number of hydrogen-bond donors (Lipinski definition) is 1. The third kappa shape index (κ3) is 4.26. The number of nitro groups is 1. The van der Waals surface area contributed by atoms with E-state index in [1.165, 1.54) is 23.0 Å². The number of nitro benzene ring substituents is 1. The van der Waals surface area contributed by atoms with Crippen molar-refractivity contribution in [2.45, 2.75) is 33.1 Å². The predicted octanol–water partition coefficient (Wildman–Crippen LogP) is 5.58. The molecule has 0 aliphatic heterocycles. The molecule has 1 aromatic heterocycles. The molecule has 0 saturated heterocycles. The minimum absolute atomic E-state index is 0.0774. The first-order chi connectivity index (χ1) is 13.1. The number of aryl methyl sites for hydroxylation is 1. The number of rotatable bonds is 4. The van der Waals surface area contributed by atoms with E-state index >= 15 is 0 Å². The van der Waals surface area contributed by atoms with Crippen LogP contribution in [0.1, 0.15) is 42.3 Å². The number of aromatic nitrogens is 1.